The van der Waals surface area contributed by atoms with Crippen molar-refractivity contribution in [3.63, 3.8) is 0 Å². The van der Waals surface area contributed by atoms with Crippen LogP contribution in [0.3, 0.4) is 0 Å². The highest BCUT2D eigenvalue weighted by Gasteiger charge is 2.33. The van der Waals surface area contributed by atoms with E-state index >= 15 is 0 Å². The van der Waals surface area contributed by atoms with Crippen LogP contribution >= 0.6 is 0 Å². The van der Waals surface area contributed by atoms with Crippen molar-refractivity contribution in [1.82, 2.24) is 19.7 Å². The summed E-state index contributed by atoms with van der Waals surface area (Å²) in [7, 11) is 0. The van der Waals surface area contributed by atoms with Crippen LogP contribution in [0.25, 0.3) is 11.4 Å². The molecule has 0 saturated carbocycles. The molecule has 0 spiro atoms. The molecular formula is C20H18N6O4. The van der Waals surface area contributed by atoms with Gasteiger partial charge in [0.2, 0.25) is 17.8 Å². The Kier molecular flexibility index (Phi) is 5.21. The maximum Gasteiger partial charge on any atom is 0.338 e. The van der Waals surface area contributed by atoms with Gasteiger partial charge in [-0.15, -0.1) is 5.10 Å². The summed E-state index contributed by atoms with van der Waals surface area (Å²) in [4.78, 5) is 45.0. The van der Waals surface area contributed by atoms with E-state index in [4.69, 9.17) is 4.74 Å². The topological polar surface area (TPSA) is 128 Å². The molecule has 1 atom stereocenters. The van der Waals surface area contributed by atoms with E-state index in [-0.39, 0.29) is 24.9 Å². The number of amides is 2. The Morgan fingerprint density at radius 2 is 2.07 bits per heavy atom. The van der Waals surface area contributed by atoms with Gasteiger partial charge in [-0.1, -0.05) is 0 Å². The Morgan fingerprint density at radius 1 is 1.27 bits per heavy atom. The number of nitrogens with zero attached hydrogens (tertiary/aromatic N) is 4. The molecule has 0 aliphatic carbocycles. The van der Waals surface area contributed by atoms with Crippen LogP contribution in [-0.4, -0.2) is 44.1 Å². The summed E-state index contributed by atoms with van der Waals surface area (Å²) >= 11 is 0. The summed E-state index contributed by atoms with van der Waals surface area (Å²) in [6, 6.07) is 8.98. The molecule has 0 radical (unpaired) electrons. The summed E-state index contributed by atoms with van der Waals surface area (Å²) in [5.41, 5.74) is 1.53. The molecule has 2 N–H and O–H groups in total. The molecule has 1 aliphatic heterocycles. The molecule has 0 saturated heterocycles. The lowest BCUT2D eigenvalue weighted by molar-refractivity contribution is -0.125. The summed E-state index contributed by atoms with van der Waals surface area (Å²) in [5.74, 6) is -0.627. The van der Waals surface area contributed by atoms with Crippen LogP contribution in [-0.2, 0) is 14.3 Å². The number of esters is 1. The van der Waals surface area contributed by atoms with E-state index in [1.165, 1.54) is 4.68 Å². The summed E-state index contributed by atoms with van der Waals surface area (Å²) < 4.78 is 6.33. The zero-order valence-electron chi connectivity index (χ0n) is 16.0. The number of pyridine rings is 1. The minimum Gasteiger partial charge on any atom is -0.462 e. The first-order chi connectivity index (χ1) is 14.5. The van der Waals surface area contributed by atoms with E-state index in [1.807, 2.05) is 0 Å². The van der Waals surface area contributed by atoms with Gasteiger partial charge >= 0.3 is 5.97 Å². The SMILES string of the molecule is CCOC(=O)c1ccc(NC(=O)[C@@H]2CC(=O)Nc3nc(-c4cccnc4)nn32)cc1. The largest absolute Gasteiger partial charge is 0.462 e. The van der Waals surface area contributed by atoms with E-state index in [0.717, 1.165) is 0 Å². The van der Waals surface area contributed by atoms with Crippen molar-refractivity contribution in [1.29, 1.82) is 0 Å². The lowest BCUT2D eigenvalue weighted by Crippen LogP contribution is -2.36. The zero-order valence-corrected chi connectivity index (χ0v) is 16.0. The van der Waals surface area contributed by atoms with Crippen molar-refractivity contribution >= 4 is 29.4 Å². The van der Waals surface area contributed by atoms with Crippen molar-refractivity contribution in [2.24, 2.45) is 0 Å². The van der Waals surface area contributed by atoms with Gasteiger partial charge in [0.15, 0.2) is 5.82 Å². The molecule has 30 heavy (non-hydrogen) atoms. The van der Waals surface area contributed by atoms with E-state index in [9.17, 15) is 14.4 Å². The highest BCUT2D eigenvalue weighted by Crippen LogP contribution is 2.27. The molecule has 3 aromatic rings. The monoisotopic (exact) mass is 406 g/mol. The standard InChI is InChI=1S/C20H18N6O4/c1-2-30-19(29)12-5-7-14(8-6-12)22-18(28)15-10-16(27)23-20-24-17(25-26(15)20)13-4-3-9-21-11-13/h3-9,11,15H,2,10H2,1H3,(H,22,28)(H,23,24,25,27)/t15-/m0/s1. The number of carbonyl (C=O) groups excluding carboxylic acids is 3. The number of fused-ring (bicyclic) bond motifs is 1. The van der Waals surface area contributed by atoms with Gasteiger partial charge < -0.3 is 10.1 Å². The fraction of sp³-hybridized carbons (Fsp3) is 0.200. The smallest absolute Gasteiger partial charge is 0.338 e. The van der Waals surface area contributed by atoms with Crippen molar-refractivity contribution in [2.75, 3.05) is 17.2 Å². The number of nitrogens with one attached hydrogen (secondary N) is 2. The molecule has 1 aromatic carbocycles. The van der Waals surface area contributed by atoms with Crippen LogP contribution in [0.4, 0.5) is 11.6 Å². The Balaban J connectivity index is 1.54. The fourth-order valence-electron chi connectivity index (χ4n) is 3.01. The van der Waals surface area contributed by atoms with Crippen LogP contribution in [0.2, 0.25) is 0 Å². The van der Waals surface area contributed by atoms with Gasteiger partial charge in [0, 0.05) is 23.6 Å². The Hall–Kier alpha value is -4.08. The van der Waals surface area contributed by atoms with E-state index in [1.54, 1.807) is 55.7 Å². The summed E-state index contributed by atoms with van der Waals surface area (Å²) in [6.07, 6.45) is 3.16. The lowest BCUT2D eigenvalue weighted by Gasteiger charge is -2.22. The number of benzene rings is 1. The van der Waals surface area contributed by atoms with Crippen molar-refractivity contribution < 1.29 is 19.1 Å². The molecule has 3 heterocycles. The van der Waals surface area contributed by atoms with Gasteiger partial charge in [-0.2, -0.15) is 4.98 Å². The first-order valence-corrected chi connectivity index (χ1v) is 9.30. The van der Waals surface area contributed by atoms with Crippen LogP contribution < -0.4 is 10.6 Å². The molecule has 2 amide bonds. The molecule has 0 unspecified atom stereocenters. The number of hydrogen-bond donors (Lipinski definition) is 2. The molecule has 0 bridgehead atoms. The number of carbonyl (C=O) groups is 3. The Morgan fingerprint density at radius 3 is 2.77 bits per heavy atom. The summed E-state index contributed by atoms with van der Waals surface area (Å²) in [6.45, 7) is 2.01. The third-order valence-electron chi connectivity index (χ3n) is 4.44. The van der Waals surface area contributed by atoms with Gasteiger partial charge in [-0.05, 0) is 43.3 Å². The number of anilines is 2. The molecule has 1 aliphatic rings. The molecule has 0 fully saturated rings. The fourth-order valence-corrected chi connectivity index (χ4v) is 3.01. The van der Waals surface area contributed by atoms with Crippen molar-refractivity contribution in [3.05, 3.63) is 54.4 Å². The third kappa shape index (κ3) is 3.88. The molecule has 2 aromatic heterocycles. The minimum absolute atomic E-state index is 0.0738. The van der Waals surface area contributed by atoms with E-state index in [0.29, 0.717) is 22.6 Å². The molecular weight excluding hydrogens is 388 g/mol. The predicted octanol–water partition coefficient (Wildman–Crippen LogP) is 2.04. The molecule has 4 rings (SSSR count). The lowest BCUT2D eigenvalue weighted by atomic mass is 10.1. The number of rotatable bonds is 5. The minimum atomic E-state index is -0.864. The maximum absolute atomic E-state index is 12.9. The quantitative estimate of drug-likeness (QED) is 0.621. The van der Waals surface area contributed by atoms with Gasteiger partial charge in [0.1, 0.15) is 6.04 Å². The van der Waals surface area contributed by atoms with Gasteiger partial charge in [0.05, 0.1) is 18.6 Å². The highest BCUT2D eigenvalue weighted by atomic mass is 16.5. The summed E-state index contributed by atoms with van der Waals surface area (Å²) in [5, 5.41) is 9.76. The highest BCUT2D eigenvalue weighted by molar-refractivity contribution is 6.01. The second kappa shape index (κ2) is 8.11. The average Bonchev–Trinajstić information content (AvgIpc) is 3.18. The number of ether oxygens (including phenoxy) is 1. The number of hydrogen-bond acceptors (Lipinski definition) is 7. The van der Waals surface area contributed by atoms with E-state index < -0.39 is 17.9 Å². The second-order valence-electron chi connectivity index (χ2n) is 6.50. The first-order valence-electron chi connectivity index (χ1n) is 9.30. The van der Waals surface area contributed by atoms with E-state index in [2.05, 4.69) is 25.7 Å². The van der Waals surface area contributed by atoms with Crippen molar-refractivity contribution in [3.8, 4) is 11.4 Å². The average molecular weight is 406 g/mol. The normalized spacial score (nSPS) is 15.1. The van der Waals surface area contributed by atoms with Crippen LogP contribution in [0.5, 0.6) is 0 Å². The molecule has 10 nitrogen and oxygen atoms in total. The number of aromatic nitrogens is 4. The Bertz CT molecular complexity index is 1090. The second-order valence-corrected chi connectivity index (χ2v) is 6.50. The van der Waals surface area contributed by atoms with Crippen LogP contribution in [0.1, 0.15) is 29.7 Å². The first kappa shape index (κ1) is 19.2. The molecule has 152 valence electrons. The van der Waals surface area contributed by atoms with Crippen LogP contribution in [0.15, 0.2) is 48.8 Å². The van der Waals surface area contributed by atoms with Gasteiger partial charge in [-0.3, -0.25) is 19.9 Å². The van der Waals surface area contributed by atoms with Gasteiger partial charge in [0.25, 0.3) is 0 Å². The predicted molar refractivity (Wildman–Crippen MR) is 107 cm³/mol. The molecule has 10 heteroatoms. The van der Waals surface area contributed by atoms with Crippen LogP contribution in [0, 0.1) is 0 Å². The van der Waals surface area contributed by atoms with Gasteiger partial charge in [-0.25, -0.2) is 9.48 Å². The Labute approximate surface area is 171 Å². The maximum atomic E-state index is 12.9. The zero-order chi connectivity index (χ0) is 21.1. The third-order valence-corrected chi connectivity index (χ3v) is 4.44. The van der Waals surface area contributed by atoms with Crippen molar-refractivity contribution in [2.45, 2.75) is 19.4 Å².